The van der Waals surface area contributed by atoms with E-state index < -0.39 is 30.2 Å². The van der Waals surface area contributed by atoms with Gasteiger partial charge in [-0.1, -0.05) is 0 Å². The molecule has 0 aliphatic carbocycles. The van der Waals surface area contributed by atoms with E-state index in [1.54, 1.807) is 0 Å². The number of nitrogens with one attached hydrogen (secondary N) is 3. The lowest BCUT2D eigenvalue weighted by Gasteiger charge is -2.12. The van der Waals surface area contributed by atoms with E-state index in [9.17, 15) is 24.3 Å². The number of anilines is 2. The molecule has 0 spiro atoms. The first-order chi connectivity index (χ1) is 14.2. The van der Waals surface area contributed by atoms with Crippen molar-refractivity contribution >= 4 is 35.0 Å². The summed E-state index contributed by atoms with van der Waals surface area (Å²) in [6, 6.07) is 8.21. The molecule has 0 atom stereocenters. The van der Waals surface area contributed by atoms with Crippen LogP contribution in [-0.2, 0) is 9.59 Å². The number of carbonyl (C=O) groups excluding carboxylic acids is 4. The van der Waals surface area contributed by atoms with Crippen molar-refractivity contribution in [2.24, 2.45) is 11.5 Å². The third-order valence-corrected chi connectivity index (χ3v) is 3.87. The van der Waals surface area contributed by atoms with Gasteiger partial charge in [-0.3, -0.25) is 19.2 Å². The number of phenols is 1. The lowest BCUT2D eigenvalue weighted by atomic mass is 10.1. The average molecular weight is 415 g/mol. The molecule has 0 heterocycles. The molecule has 0 saturated carbocycles. The summed E-state index contributed by atoms with van der Waals surface area (Å²) in [7, 11) is 1.37. The first-order valence-corrected chi connectivity index (χ1v) is 8.64. The summed E-state index contributed by atoms with van der Waals surface area (Å²) >= 11 is 0. The van der Waals surface area contributed by atoms with Crippen molar-refractivity contribution in [2.75, 3.05) is 30.8 Å². The summed E-state index contributed by atoms with van der Waals surface area (Å²) in [4.78, 5) is 47.3. The SMILES string of the molecule is COc1ccc(NC(=O)CN)cc1C(=O)NCC(=O)Nc1ccc(O)c(C(N)=O)c1. The van der Waals surface area contributed by atoms with Crippen LogP contribution in [0, 0.1) is 0 Å². The topological polar surface area (TPSA) is 186 Å². The summed E-state index contributed by atoms with van der Waals surface area (Å²) in [6.45, 7) is -0.614. The van der Waals surface area contributed by atoms with Crippen molar-refractivity contribution in [3.63, 3.8) is 0 Å². The predicted octanol–water partition coefficient (Wildman–Crippen LogP) is -0.235. The van der Waals surface area contributed by atoms with Crippen molar-refractivity contribution in [3.05, 3.63) is 47.5 Å². The molecule has 11 heteroatoms. The molecule has 2 aromatic carbocycles. The molecule has 0 bridgehead atoms. The zero-order valence-electron chi connectivity index (χ0n) is 16.0. The highest BCUT2D eigenvalue weighted by atomic mass is 16.5. The van der Waals surface area contributed by atoms with Gasteiger partial charge in [-0.05, 0) is 36.4 Å². The van der Waals surface area contributed by atoms with Crippen molar-refractivity contribution < 1.29 is 29.0 Å². The molecule has 11 nitrogen and oxygen atoms in total. The summed E-state index contributed by atoms with van der Waals surface area (Å²) < 4.78 is 5.14. The Balaban J connectivity index is 2.05. The maximum Gasteiger partial charge on any atom is 0.255 e. The number of amides is 4. The maximum atomic E-state index is 12.5. The van der Waals surface area contributed by atoms with Gasteiger partial charge in [0.25, 0.3) is 11.8 Å². The molecule has 8 N–H and O–H groups in total. The zero-order valence-corrected chi connectivity index (χ0v) is 16.0. The molecule has 0 aliphatic rings. The Hall–Kier alpha value is -4.12. The highest BCUT2D eigenvalue weighted by Gasteiger charge is 2.16. The fourth-order valence-corrected chi connectivity index (χ4v) is 2.45. The van der Waals surface area contributed by atoms with Gasteiger partial charge in [-0.25, -0.2) is 0 Å². The lowest BCUT2D eigenvalue weighted by molar-refractivity contribution is -0.115. The highest BCUT2D eigenvalue weighted by molar-refractivity contribution is 6.03. The van der Waals surface area contributed by atoms with E-state index in [1.807, 2.05) is 0 Å². The van der Waals surface area contributed by atoms with Gasteiger partial charge in [-0.2, -0.15) is 0 Å². The number of ether oxygens (including phenoxy) is 1. The molecule has 158 valence electrons. The summed E-state index contributed by atoms with van der Waals surface area (Å²) in [5.41, 5.74) is 10.9. The maximum absolute atomic E-state index is 12.5. The second-order valence-corrected chi connectivity index (χ2v) is 5.99. The van der Waals surface area contributed by atoms with Gasteiger partial charge in [0.1, 0.15) is 11.5 Å². The Morgan fingerprint density at radius 3 is 2.17 bits per heavy atom. The van der Waals surface area contributed by atoms with Crippen molar-refractivity contribution in [3.8, 4) is 11.5 Å². The minimum Gasteiger partial charge on any atom is -0.507 e. The molecule has 0 fully saturated rings. The Bertz CT molecular complexity index is 991. The van der Waals surface area contributed by atoms with Crippen LogP contribution in [0.3, 0.4) is 0 Å². The van der Waals surface area contributed by atoms with E-state index >= 15 is 0 Å². The van der Waals surface area contributed by atoms with Gasteiger partial charge in [0.2, 0.25) is 11.8 Å². The number of hydrogen-bond acceptors (Lipinski definition) is 7. The highest BCUT2D eigenvalue weighted by Crippen LogP contribution is 2.23. The summed E-state index contributed by atoms with van der Waals surface area (Å²) in [6.07, 6.45) is 0. The van der Waals surface area contributed by atoms with E-state index in [0.29, 0.717) is 5.69 Å². The van der Waals surface area contributed by atoms with Crippen LogP contribution in [0.4, 0.5) is 11.4 Å². The van der Waals surface area contributed by atoms with E-state index in [2.05, 4.69) is 16.0 Å². The van der Waals surface area contributed by atoms with Crippen LogP contribution in [0.15, 0.2) is 36.4 Å². The standard InChI is InChI=1S/C19H21N5O6/c1-30-15-5-3-11(23-16(26)8-20)7-13(15)19(29)22-9-17(27)24-10-2-4-14(25)12(6-10)18(21)28/h2-7,25H,8-9,20H2,1H3,(H2,21,28)(H,22,29)(H,23,26)(H,24,27). The molecule has 30 heavy (non-hydrogen) atoms. The van der Waals surface area contributed by atoms with Gasteiger partial charge in [0.15, 0.2) is 0 Å². The first kappa shape index (κ1) is 22.2. The number of nitrogens with two attached hydrogens (primary N) is 2. The molecule has 0 saturated heterocycles. The van der Waals surface area contributed by atoms with Crippen LogP contribution < -0.4 is 32.2 Å². The largest absolute Gasteiger partial charge is 0.507 e. The van der Waals surface area contributed by atoms with Crippen LogP contribution in [-0.4, -0.2) is 48.9 Å². The van der Waals surface area contributed by atoms with Gasteiger partial charge in [0, 0.05) is 11.4 Å². The smallest absolute Gasteiger partial charge is 0.255 e. The van der Waals surface area contributed by atoms with Crippen molar-refractivity contribution in [1.29, 1.82) is 0 Å². The van der Waals surface area contributed by atoms with Crippen LogP contribution in [0.2, 0.25) is 0 Å². The van der Waals surface area contributed by atoms with Crippen molar-refractivity contribution in [1.82, 2.24) is 5.32 Å². The Kier molecular flexibility index (Phi) is 7.31. The fourth-order valence-electron chi connectivity index (χ4n) is 2.45. The number of hydrogen-bond donors (Lipinski definition) is 6. The average Bonchev–Trinajstić information content (AvgIpc) is 2.73. The molecular weight excluding hydrogens is 394 g/mol. The van der Waals surface area contributed by atoms with Crippen LogP contribution in [0.1, 0.15) is 20.7 Å². The van der Waals surface area contributed by atoms with E-state index in [0.717, 1.165) is 0 Å². The lowest BCUT2D eigenvalue weighted by Crippen LogP contribution is -2.33. The number of rotatable bonds is 8. The van der Waals surface area contributed by atoms with Gasteiger partial charge in [0.05, 0.1) is 31.3 Å². The minimum absolute atomic E-state index is 0.0979. The normalized spacial score (nSPS) is 10.1. The number of carbonyl (C=O) groups is 4. The zero-order chi connectivity index (χ0) is 22.3. The minimum atomic E-state index is -0.856. The van der Waals surface area contributed by atoms with E-state index in [-0.39, 0.29) is 34.9 Å². The third kappa shape index (κ3) is 5.69. The first-order valence-electron chi connectivity index (χ1n) is 8.64. The third-order valence-electron chi connectivity index (χ3n) is 3.87. The van der Waals surface area contributed by atoms with Crippen LogP contribution in [0.25, 0.3) is 0 Å². The molecule has 0 aliphatic heterocycles. The van der Waals surface area contributed by atoms with E-state index in [4.69, 9.17) is 16.2 Å². The van der Waals surface area contributed by atoms with E-state index in [1.165, 1.54) is 43.5 Å². The van der Waals surface area contributed by atoms with Crippen LogP contribution >= 0.6 is 0 Å². The quantitative estimate of drug-likeness (QED) is 0.321. The molecule has 2 rings (SSSR count). The second-order valence-electron chi connectivity index (χ2n) is 5.99. The molecule has 4 amide bonds. The molecule has 2 aromatic rings. The Labute approximate surface area is 171 Å². The van der Waals surface area contributed by atoms with Crippen molar-refractivity contribution in [2.45, 2.75) is 0 Å². The number of benzene rings is 2. The number of aromatic hydroxyl groups is 1. The molecule has 0 radical (unpaired) electrons. The number of primary amides is 1. The predicted molar refractivity (Wildman–Crippen MR) is 108 cm³/mol. The molecule has 0 unspecified atom stereocenters. The monoisotopic (exact) mass is 415 g/mol. The van der Waals surface area contributed by atoms with Gasteiger partial charge in [-0.15, -0.1) is 0 Å². The Morgan fingerprint density at radius 1 is 0.967 bits per heavy atom. The molecule has 0 aromatic heterocycles. The number of methoxy groups -OCH3 is 1. The fraction of sp³-hybridized carbons (Fsp3) is 0.158. The second kappa shape index (κ2) is 9.89. The summed E-state index contributed by atoms with van der Waals surface area (Å²) in [5, 5.41) is 17.0. The van der Waals surface area contributed by atoms with Gasteiger partial charge >= 0.3 is 0 Å². The summed E-state index contributed by atoms with van der Waals surface area (Å²) in [5.74, 6) is -2.57. The van der Waals surface area contributed by atoms with Crippen LogP contribution in [0.5, 0.6) is 11.5 Å². The Morgan fingerprint density at radius 2 is 1.57 bits per heavy atom. The molecular formula is C19H21N5O6. The van der Waals surface area contributed by atoms with Gasteiger partial charge < -0.3 is 37.3 Å².